The quantitative estimate of drug-likeness (QED) is 0.159. The summed E-state index contributed by atoms with van der Waals surface area (Å²) in [6, 6.07) is 79.3. The number of benzene rings is 10. The van der Waals surface area contributed by atoms with Crippen LogP contribution in [0.2, 0.25) is 0 Å². The van der Waals surface area contributed by atoms with Crippen LogP contribution in [-0.2, 0) is 0 Å². The van der Waals surface area contributed by atoms with Crippen molar-refractivity contribution in [3.8, 4) is 39.9 Å². The van der Waals surface area contributed by atoms with Gasteiger partial charge in [0, 0.05) is 60.0 Å². The Morgan fingerprint density at radius 3 is 1.10 bits per heavy atom. The topological polar surface area (TPSA) is 47.9 Å². The number of aromatic nitrogens is 4. The van der Waals surface area contributed by atoms with Crippen LogP contribution < -0.4 is 0 Å². The second-order valence-corrected chi connectivity index (χ2v) is 17.5. The Kier molecular flexibility index (Phi) is 8.01. The molecule has 0 spiro atoms. The fourth-order valence-corrected chi connectivity index (χ4v) is 11.2. The van der Waals surface area contributed by atoms with Crippen LogP contribution in [0.15, 0.2) is 218 Å². The molecule has 10 aromatic carbocycles. The molecule has 0 fully saturated rings. The number of nitrogens with zero attached hydrogens (tertiary/aromatic N) is 6. The standard InChI is InChI=1S/C62H36N6/c1-64-51-33-40(38-63)60(39-19-5-2-6-20-39)62(68-55-32-18-14-28-46(55)50-35-48-44-26-12-16-30-53(44)66(57(48)37-59(50)68)42-23-9-4-10-24-42)61(51)67-54-31-17-13-27-45(54)49-34-47-43-25-11-15-29-52(43)65(56(47)36-58(49)67)41-21-7-3-8-22-41/h2-37H. The van der Waals surface area contributed by atoms with Gasteiger partial charge in [-0.2, -0.15) is 5.26 Å². The van der Waals surface area contributed by atoms with Gasteiger partial charge in [0.15, 0.2) is 0 Å². The number of para-hydroxylation sites is 6. The first kappa shape index (κ1) is 37.7. The summed E-state index contributed by atoms with van der Waals surface area (Å²) in [5.41, 5.74) is 14.3. The van der Waals surface area contributed by atoms with Crippen molar-refractivity contribution in [2.75, 3.05) is 0 Å². The summed E-state index contributed by atoms with van der Waals surface area (Å²) in [4.78, 5) is 4.36. The Morgan fingerprint density at radius 1 is 0.338 bits per heavy atom. The van der Waals surface area contributed by atoms with Crippen molar-refractivity contribution in [1.82, 2.24) is 18.3 Å². The monoisotopic (exact) mass is 864 g/mol. The molecule has 0 saturated heterocycles. The van der Waals surface area contributed by atoms with Crippen LogP contribution in [0.4, 0.5) is 5.69 Å². The second-order valence-electron chi connectivity index (χ2n) is 17.5. The van der Waals surface area contributed by atoms with E-state index >= 15 is 0 Å². The van der Waals surface area contributed by atoms with E-state index in [1.54, 1.807) is 6.07 Å². The van der Waals surface area contributed by atoms with Crippen LogP contribution in [0.5, 0.6) is 0 Å². The highest BCUT2D eigenvalue weighted by atomic mass is 15.1. The SMILES string of the molecule is [C-]#[N+]c1cc(C#N)c(-c2ccccc2)c(-n2c3ccccc3c3cc4c5ccccc5n(-c5ccccc5)c4cc32)c1-n1c2ccccc2c2cc3c4ccccc4n(-c4ccccc4)c3cc21. The molecule has 4 aromatic heterocycles. The number of rotatable bonds is 5. The van der Waals surface area contributed by atoms with E-state index in [0.29, 0.717) is 16.9 Å². The number of fused-ring (bicyclic) bond motifs is 12. The van der Waals surface area contributed by atoms with Gasteiger partial charge in [-0.1, -0.05) is 140 Å². The van der Waals surface area contributed by atoms with Crippen LogP contribution in [0, 0.1) is 17.9 Å². The molecular weight excluding hydrogens is 829 g/mol. The molecule has 0 radical (unpaired) electrons. The maximum atomic E-state index is 11.2. The minimum absolute atomic E-state index is 0.382. The van der Waals surface area contributed by atoms with E-state index in [4.69, 9.17) is 6.57 Å². The maximum absolute atomic E-state index is 11.2. The number of hydrogen-bond acceptors (Lipinski definition) is 1. The van der Waals surface area contributed by atoms with Gasteiger partial charge in [-0.05, 0) is 84.4 Å². The third kappa shape index (κ3) is 5.20. The molecule has 0 bridgehead atoms. The first-order chi connectivity index (χ1) is 33.7. The fourth-order valence-electron chi connectivity index (χ4n) is 11.2. The lowest BCUT2D eigenvalue weighted by Gasteiger charge is -2.23. The minimum Gasteiger partial charge on any atom is -0.317 e. The van der Waals surface area contributed by atoms with E-state index in [2.05, 4.69) is 223 Å². The summed E-state index contributed by atoms with van der Waals surface area (Å²) in [6.07, 6.45) is 0. The Bertz CT molecular complexity index is 4500. The third-order valence-electron chi connectivity index (χ3n) is 14.0. The smallest absolute Gasteiger partial charge is 0.214 e. The van der Waals surface area contributed by atoms with Crippen molar-refractivity contribution in [1.29, 1.82) is 5.26 Å². The van der Waals surface area contributed by atoms with Crippen LogP contribution in [0.1, 0.15) is 5.56 Å². The molecule has 68 heavy (non-hydrogen) atoms. The van der Waals surface area contributed by atoms with E-state index in [9.17, 15) is 5.26 Å². The lowest BCUT2D eigenvalue weighted by atomic mass is 9.95. The molecular formula is C62H36N6. The van der Waals surface area contributed by atoms with Gasteiger partial charge in [-0.15, -0.1) is 0 Å². The third-order valence-corrected chi connectivity index (χ3v) is 14.0. The Labute approximate surface area is 390 Å². The first-order valence-corrected chi connectivity index (χ1v) is 22.8. The molecule has 14 aromatic rings. The van der Waals surface area contributed by atoms with Crippen molar-refractivity contribution >= 4 is 92.9 Å². The average Bonchev–Trinajstić information content (AvgIpc) is 4.11. The summed E-state index contributed by atoms with van der Waals surface area (Å²) < 4.78 is 9.34. The van der Waals surface area contributed by atoms with Crippen molar-refractivity contribution in [3.05, 3.63) is 235 Å². The zero-order valence-electron chi connectivity index (χ0n) is 36.5. The van der Waals surface area contributed by atoms with E-state index < -0.39 is 0 Å². The lowest BCUT2D eigenvalue weighted by molar-refractivity contribution is 1.10. The normalized spacial score (nSPS) is 11.8. The molecule has 314 valence electrons. The molecule has 0 amide bonds. The summed E-state index contributed by atoms with van der Waals surface area (Å²) in [6.45, 7) is 9.03. The molecule has 0 aliphatic rings. The molecule has 6 heteroatoms. The van der Waals surface area contributed by atoms with E-state index in [0.717, 1.165) is 105 Å². The van der Waals surface area contributed by atoms with Crippen LogP contribution in [0.25, 0.3) is 126 Å². The highest BCUT2D eigenvalue weighted by Gasteiger charge is 2.29. The summed E-state index contributed by atoms with van der Waals surface area (Å²) in [7, 11) is 0. The number of nitriles is 1. The summed E-state index contributed by atoms with van der Waals surface area (Å²) in [5, 5.41) is 20.2. The van der Waals surface area contributed by atoms with Gasteiger partial charge in [-0.3, -0.25) is 0 Å². The van der Waals surface area contributed by atoms with E-state index in [1.165, 1.54) is 10.8 Å². The molecule has 0 N–H and O–H groups in total. The second kappa shape index (κ2) is 14.4. The van der Waals surface area contributed by atoms with E-state index in [1.807, 2.05) is 18.2 Å². The Balaban J connectivity index is 1.21. The van der Waals surface area contributed by atoms with Crippen LogP contribution in [0.3, 0.4) is 0 Å². The zero-order chi connectivity index (χ0) is 45.0. The molecule has 14 rings (SSSR count). The van der Waals surface area contributed by atoms with Gasteiger partial charge in [0.2, 0.25) is 5.69 Å². The largest absolute Gasteiger partial charge is 0.317 e. The van der Waals surface area contributed by atoms with Gasteiger partial charge in [0.1, 0.15) is 0 Å². The molecule has 0 saturated carbocycles. The molecule has 0 aliphatic carbocycles. The van der Waals surface area contributed by atoms with Crippen LogP contribution >= 0.6 is 0 Å². The van der Waals surface area contributed by atoms with Gasteiger partial charge in [0.05, 0.1) is 73.7 Å². The minimum atomic E-state index is 0.382. The van der Waals surface area contributed by atoms with Gasteiger partial charge < -0.3 is 18.3 Å². The Hall–Kier alpha value is -9.62. The van der Waals surface area contributed by atoms with Gasteiger partial charge >= 0.3 is 0 Å². The summed E-state index contributed by atoms with van der Waals surface area (Å²) in [5.74, 6) is 0. The molecule has 4 heterocycles. The van der Waals surface area contributed by atoms with Gasteiger partial charge in [-0.25, -0.2) is 4.85 Å². The predicted octanol–water partition coefficient (Wildman–Crippen LogP) is 16.2. The van der Waals surface area contributed by atoms with Crippen LogP contribution in [-0.4, -0.2) is 18.3 Å². The number of hydrogen-bond donors (Lipinski definition) is 0. The summed E-state index contributed by atoms with van der Waals surface area (Å²) >= 11 is 0. The van der Waals surface area contributed by atoms with Crippen molar-refractivity contribution in [2.45, 2.75) is 0 Å². The predicted molar refractivity (Wildman–Crippen MR) is 280 cm³/mol. The maximum Gasteiger partial charge on any atom is 0.214 e. The van der Waals surface area contributed by atoms with Crippen molar-refractivity contribution in [2.24, 2.45) is 0 Å². The molecule has 0 aliphatic heterocycles. The lowest BCUT2D eigenvalue weighted by Crippen LogP contribution is -2.08. The Morgan fingerprint density at radius 2 is 0.691 bits per heavy atom. The first-order valence-electron chi connectivity index (χ1n) is 22.8. The highest BCUT2D eigenvalue weighted by Crippen LogP contribution is 2.49. The van der Waals surface area contributed by atoms with E-state index in [-0.39, 0.29) is 0 Å². The fraction of sp³-hybridized carbons (Fsp3) is 0. The van der Waals surface area contributed by atoms with Crippen molar-refractivity contribution in [3.63, 3.8) is 0 Å². The highest BCUT2D eigenvalue weighted by molar-refractivity contribution is 6.22. The van der Waals surface area contributed by atoms with Crippen molar-refractivity contribution < 1.29 is 0 Å². The molecule has 0 atom stereocenters. The van der Waals surface area contributed by atoms with Gasteiger partial charge in [0.25, 0.3) is 0 Å². The average molecular weight is 865 g/mol. The molecule has 0 unspecified atom stereocenters. The molecule has 6 nitrogen and oxygen atoms in total. The zero-order valence-corrected chi connectivity index (χ0v) is 36.5.